The van der Waals surface area contributed by atoms with Gasteiger partial charge in [0.25, 0.3) is 0 Å². The Kier molecular flexibility index (Phi) is 6.75. The topological polar surface area (TPSA) is 78.4 Å². The van der Waals surface area contributed by atoms with Crippen LogP contribution < -0.4 is 10.2 Å². The van der Waals surface area contributed by atoms with E-state index in [4.69, 9.17) is 0 Å². The van der Waals surface area contributed by atoms with Gasteiger partial charge in [-0.2, -0.15) is 0 Å². The smallest absolute Gasteiger partial charge is 0.226 e. The van der Waals surface area contributed by atoms with E-state index in [0.29, 0.717) is 18.2 Å². The summed E-state index contributed by atoms with van der Waals surface area (Å²) in [6, 6.07) is 8.68. The maximum atomic E-state index is 12.6. The van der Waals surface area contributed by atoms with Crippen LogP contribution >= 0.6 is 11.3 Å². The first-order valence-corrected chi connectivity index (χ1v) is 11.2. The summed E-state index contributed by atoms with van der Waals surface area (Å²) in [5.41, 5.74) is 2.32. The van der Waals surface area contributed by atoms with Crippen molar-refractivity contribution in [3.8, 4) is 0 Å². The third-order valence-corrected chi connectivity index (χ3v) is 6.46. The molecule has 0 bridgehead atoms. The molecule has 2 heterocycles. The fraction of sp³-hybridized carbons (Fsp3) is 0.545. The molecule has 0 radical (unpaired) electrons. The predicted molar refractivity (Wildman–Crippen MR) is 121 cm³/mol. The van der Waals surface area contributed by atoms with Gasteiger partial charge in [-0.05, 0) is 31.5 Å². The second-order valence-corrected chi connectivity index (χ2v) is 9.91. The average Bonchev–Trinajstić information content (AvgIpc) is 3.15. The molecule has 1 atom stereocenters. The van der Waals surface area contributed by atoms with Gasteiger partial charge in [0.2, 0.25) is 16.9 Å². The summed E-state index contributed by atoms with van der Waals surface area (Å²) < 4.78 is 0. The second kappa shape index (κ2) is 9.12. The van der Waals surface area contributed by atoms with Crippen LogP contribution in [-0.2, 0) is 15.0 Å². The summed E-state index contributed by atoms with van der Waals surface area (Å²) in [5.74, 6) is -0.181. The van der Waals surface area contributed by atoms with Crippen LogP contribution in [0.3, 0.4) is 0 Å². The van der Waals surface area contributed by atoms with Crippen LogP contribution in [0.25, 0.3) is 0 Å². The highest BCUT2D eigenvalue weighted by molar-refractivity contribution is 7.15. The average molecular weight is 430 g/mol. The monoisotopic (exact) mass is 429 g/mol. The molecule has 30 heavy (non-hydrogen) atoms. The lowest BCUT2D eigenvalue weighted by atomic mass is 9.98. The molecule has 1 aromatic carbocycles. The highest BCUT2D eigenvalue weighted by atomic mass is 32.1. The van der Waals surface area contributed by atoms with Gasteiger partial charge in [-0.1, -0.05) is 44.2 Å². The molecule has 0 spiro atoms. The summed E-state index contributed by atoms with van der Waals surface area (Å²) >= 11 is 1.37. The van der Waals surface area contributed by atoms with Crippen molar-refractivity contribution >= 4 is 34.0 Å². The van der Waals surface area contributed by atoms with Crippen molar-refractivity contribution in [2.24, 2.45) is 0 Å². The maximum absolute atomic E-state index is 12.6. The van der Waals surface area contributed by atoms with Crippen molar-refractivity contribution in [2.45, 2.75) is 58.9 Å². The minimum Gasteiger partial charge on any atom is -0.365 e. The van der Waals surface area contributed by atoms with E-state index in [2.05, 4.69) is 79.3 Å². The lowest BCUT2D eigenvalue weighted by molar-refractivity contribution is -0.133. The molecule has 1 fully saturated rings. The number of rotatable bonds is 5. The number of aryl methyl sites for hydroxylation is 1. The van der Waals surface area contributed by atoms with Gasteiger partial charge in [0, 0.05) is 49.6 Å². The van der Waals surface area contributed by atoms with Crippen LogP contribution in [0.4, 0.5) is 10.8 Å². The van der Waals surface area contributed by atoms with Gasteiger partial charge in [-0.15, -0.1) is 10.2 Å². The summed E-state index contributed by atoms with van der Waals surface area (Å²) in [6.45, 7) is 12.5. The highest BCUT2D eigenvalue weighted by Gasteiger charge is 2.27. The Labute approximate surface area is 182 Å². The third-order valence-electron chi connectivity index (χ3n) is 5.19. The Morgan fingerprint density at radius 1 is 1.20 bits per heavy atom. The predicted octanol–water partition coefficient (Wildman–Crippen LogP) is 3.60. The molecule has 3 rings (SSSR count). The molecule has 1 aliphatic heterocycles. The van der Waals surface area contributed by atoms with Crippen LogP contribution in [0, 0.1) is 6.92 Å². The van der Waals surface area contributed by atoms with Gasteiger partial charge in [-0.25, -0.2) is 0 Å². The van der Waals surface area contributed by atoms with E-state index in [-0.39, 0.29) is 36.1 Å². The number of piperazine rings is 1. The van der Waals surface area contributed by atoms with Crippen LogP contribution in [0.15, 0.2) is 24.3 Å². The molecule has 1 saturated heterocycles. The second-order valence-electron chi connectivity index (χ2n) is 8.93. The molecule has 8 heteroatoms. The number of amides is 2. The number of aromatic nitrogens is 2. The Morgan fingerprint density at radius 2 is 1.97 bits per heavy atom. The Balaban J connectivity index is 1.47. The molecule has 7 nitrogen and oxygen atoms in total. The Hall–Kier alpha value is -2.48. The first-order chi connectivity index (χ1) is 14.1. The molecular weight excluding hydrogens is 398 g/mol. The van der Waals surface area contributed by atoms with Gasteiger partial charge in [-0.3, -0.25) is 9.59 Å². The summed E-state index contributed by atoms with van der Waals surface area (Å²) in [5, 5.41) is 12.3. The van der Waals surface area contributed by atoms with Gasteiger partial charge in [0.05, 0.1) is 0 Å². The fourth-order valence-corrected chi connectivity index (χ4v) is 4.33. The molecule has 0 saturated carbocycles. The lowest BCUT2D eigenvalue weighted by Crippen LogP contribution is -2.53. The van der Waals surface area contributed by atoms with Crippen LogP contribution in [-0.4, -0.2) is 52.6 Å². The first-order valence-electron chi connectivity index (χ1n) is 10.4. The zero-order valence-electron chi connectivity index (χ0n) is 18.4. The van der Waals surface area contributed by atoms with Crippen molar-refractivity contribution in [3.63, 3.8) is 0 Å². The minimum absolute atomic E-state index is 0.0218. The lowest BCUT2D eigenvalue weighted by Gasteiger charge is -2.41. The molecular formula is C22H31N5O2S. The molecule has 162 valence electrons. The number of anilines is 2. The Bertz CT molecular complexity index is 905. The molecule has 0 aliphatic carbocycles. The number of nitrogens with zero attached hydrogens (tertiary/aromatic N) is 4. The van der Waals surface area contributed by atoms with Crippen LogP contribution in [0.1, 0.15) is 51.1 Å². The summed E-state index contributed by atoms with van der Waals surface area (Å²) in [4.78, 5) is 29.1. The van der Waals surface area contributed by atoms with Gasteiger partial charge >= 0.3 is 0 Å². The third kappa shape index (κ3) is 5.56. The number of benzene rings is 1. The minimum atomic E-state index is -0.202. The fourth-order valence-electron chi connectivity index (χ4n) is 3.51. The number of hydrogen-bond donors (Lipinski definition) is 1. The van der Waals surface area contributed by atoms with Gasteiger partial charge in [0.15, 0.2) is 0 Å². The van der Waals surface area contributed by atoms with Crippen LogP contribution in [0.5, 0.6) is 0 Å². The summed E-state index contributed by atoms with van der Waals surface area (Å²) in [7, 11) is 0. The molecule has 1 aromatic heterocycles. The zero-order chi connectivity index (χ0) is 21.9. The van der Waals surface area contributed by atoms with Gasteiger partial charge < -0.3 is 15.1 Å². The van der Waals surface area contributed by atoms with E-state index >= 15 is 0 Å². The standard InChI is InChI=1S/C22H31N5O2S/c1-15-7-6-8-17(13-15)27-12-11-26(14-16(27)2)19(29)10-9-18(28)23-21-25-24-20(30-21)22(3,4)5/h6-8,13,16H,9-12,14H2,1-5H3,(H,23,25,28)/t16-/m1/s1. The molecule has 1 aliphatic rings. The first kappa shape index (κ1) is 22.2. The molecule has 2 amide bonds. The van der Waals surface area contributed by atoms with E-state index in [1.165, 1.54) is 22.6 Å². The summed E-state index contributed by atoms with van der Waals surface area (Å²) in [6.07, 6.45) is 0.351. The number of carbonyl (C=O) groups is 2. The molecule has 0 unspecified atom stereocenters. The zero-order valence-corrected chi connectivity index (χ0v) is 19.3. The largest absolute Gasteiger partial charge is 0.365 e. The van der Waals surface area contributed by atoms with E-state index in [9.17, 15) is 9.59 Å². The number of nitrogens with one attached hydrogen (secondary N) is 1. The van der Waals surface area contributed by atoms with E-state index in [1.54, 1.807) is 0 Å². The van der Waals surface area contributed by atoms with Crippen molar-refractivity contribution in [1.82, 2.24) is 15.1 Å². The van der Waals surface area contributed by atoms with Crippen molar-refractivity contribution in [2.75, 3.05) is 29.9 Å². The Morgan fingerprint density at radius 3 is 2.60 bits per heavy atom. The maximum Gasteiger partial charge on any atom is 0.226 e. The van der Waals surface area contributed by atoms with Crippen LogP contribution in [0.2, 0.25) is 0 Å². The van der Waals surface area contributed by atoms with Crippen molar-refractivity contribution in [1.29, 1.82) is 0 Å². The van der Waals surface area contributed by atoms with Gasteiger partial charge in [0.1, 0.15) is 5.01 Å². The normalized spacial score (nSPS) is 17.2. The van der Waals surface area contributed by atoms with Crippen molar-refractivity contribution in [3.05, 3.63) is 34.8 Å². The number of hydrogen-bond acceptors (Lipinski definition) is 6. The van der Waals surface area contributed by atoms with E-state index in [1.807, 2.05) is 4.90 Å². The molecule has 2 aromatic rings. The molecule has 1 N–H and O–H groups in total. The number of carbonyl (C=O) groups excluding carboxylic acids is 2. The quantitative estimate of drug-likeness (QED) is 0.786. The SMILES string of the molecule is Cc1cccc(N2CCN(C(=O)CCC(=O)Nc3nnc(C(C)(C)C)s3)C[C@H]2C)c1. The van der Waals surface area contributed by atoms with E-state index in [0.717, 1.165) is 11.6 Å². The van der Waals surface area contributed by atoms with Crippen molar-refractivity contribution < 1.29 is 9.59 Å². The highest BCUT2D eigenvalue weighted by Crippen LogP contribution is 2.28. The van der Waals surface area contributed by atoms with E-state index < -0.39 is 0 Å².